The van der Waals surface area contributed by atoms with Gasteiger partial charge in [0, 0.05) is 36.8 Å². The smallest absolute Gasteiger partial charge is 0.270 e. The summed E-state index contributed by atoms with van der Waals surface area (Å²) < 4.78 is 0. The summed E-state index contributed by atoms with van der Waals surface area (Å²) in [7, 11) is 1.81. The first-order valence-corrected chi connectivity index (χ1v) is 8.38. The maximum atomic E-state index is 12.4. The molecule has 2 heterocycles. The standard InChI is InChI=1S/C16H24N4OS.2ClH/c1-10(2)13(17)5-6-20(4)16(21)14-7-12(8-18-14)15-9-22-11(3)19-15;;/h7-10,13,18H,5-6,17H2,1-4H3;2*1H. The second-order valence-corrected chi connectivity index (χ2v) is 7.04. The van der Waals surface area contributed by atoms with Gasteiger partial charge in [-0.15, -0.1) is 36.2 Å². The van der Waals surface area contributed by atoms with E-state index in [-0.39, 0.29) is 36.8 Å². The lowest BCUT2D eigenvalue weighted by atomic mass is 10.0. The van der Waals surface area contributed by atoms with E-state index in [4.69, 9.17) is 5.73 Å². The molecule has 0 aliphatic carbocycles. The fourth-order valence-electron chi connectivity index (χ4n) is 2.14. The second kappa shape index (κ2) is 10.0. The highest BCUT2D eigenvalue weighted by molar-refractivity contribution is 7.09. The molecule has 5 nitrogen and oxygen atoms in total. The van der Waals surface area contributed by atoms with Crippen molar-refractivity contribution in [1.29, 1.82) is 0 Å². The van der Waals surface area contributed by atoms with Gasteiger partial charge in [-0.3, -0.25) is 4.79 Å². The Morgan fingerprint density at radius 2 is 2.08 bits per heavy atom. The summed E-state index contributed by atoms with van der Waals surface area (Å²) in [5.74, 6) is 0.405. The number of hydrogen-bond acceptors (Lipinski definition) is 4. The van der Waals surface area contributed by atoms with Gasteiger partial charge in [-0.1, -0.05) is 13.8 Å². The van der Waals surface area contributed by atoms with Gasteiger partial charge >= 0.3 is 0 Å². The van der Waals surface area contributed by atoms with E-state index in [2.05, 4.69) is 23.8 Å². The Labute approximate surface area is 159 Å². The van der Waals surface area contributed by atoms with Crippen LogP contribution in [0.1, 0.15) is 35.8 Å². The maximum Gasteiger partial charge on any atom is 0.270 e. The Kier molecular flexibility index (Phi) is 9.58. The quantitative estimate of drug-likeness (QED) is 0.785. The number of amides is 1. The summed E-state index contributed by atoms with van der Waals surface area (Å²) >= 11 is 1.60. The summed E-state index contributed by atoms with van der Waals surface area (Å²) in [5.41, 5.74) is 8.47. The molecular weight excluding hydrogens is 367 g/mol. The molecule has 0 bridgehead atoms. The maximum absolute atomic E-state index is 12.4. The van der Waals surface area contributed by atoms with Crippen molar-refractivity contribution >= 4 is 42.1 Å². The first-order chi connectivity index (χ1) is 10.4. The van der Waals surface area contributed by atoms with E-state index >= 15 is 0 Å². The van der Waals surface area contributed by atoms with Crippen LogP contribution >= 0.6 is 36.2 Å². The molecule has 1 atom stereocenters. The van der Waals surface area contributed by atoms with E-state index in [1.165, 1.54) is 0 Å². The van der Waals surface area contributed by atoms with Crippen molar-refractivity contribution in [3.8, 4) is 11.3 Å². The number of hydrogen-bond donors (Lipinski definition) is 2. The lowest BCUT2D eigenvalue weighted by Crippen LogP contribution is -2.34. The number of carbonyl (C=O) groups excluding carboxylic acids is 1. The van der Waals surface area contributed by atoms with E-state index < -0.39 is 0 Å². The number of aryl methyl sites for hydroxylation is 1. The summed E-state index contributed by atoms with van der Waals surface area (Å²) in [6.45, 7) is 6.82. The lowest BCUT2D eigenvalue weighted by Gasteiger charge is -2.21. The minimum atomic E-state index is -0.0193. The number of aromatic amines is 1. The van der Waals surface area contributed by atoms with Crippen LogP contribution in [-0.2, 0) is 0 Å². The van der Waals surface area contributed by atoms with Gasteiger partial charge < -0.3 is 15.6 Å². The van der Waals surface area contributed by atoms with Crippen molar-refractivity contribution in [3.05, 3.63) is 28.3 Å². The molecule has 1 unspecified atom stereocenters. The van der Waals surface area contributed by atoms with E-state index in [1.54, 1.807) is 16.2 Å². The molecule has 8 heteroatoms. The van der Waals surface area contributed by atoms with Crippen LogP contribution in [0.5, 0.6) is 0 Å². The zero-order valence-electron chi connectivity index (χ0n) is 14.4. The lowest BCUT2D eigenvalue weighted by molar-refractivity contribution is 0.0784. The van der Waals surface area contributed by atoms with Crippen LogP contribution in [0.4, 0.5) is 0 Å². The molecule has 24 heavy (non-hydrogen) atoms. The molecule has 0 aromatic carbocycles. The largest absolute Gasteiger partial charge is 0.357 e. The van der Waals surface area contributed by atoms with E-state index in [9.17, 15) is 4.79 Å². The number of nitrogens with zero attached hydrogens (tertiary/aromatic N) is 2. The van der Waals surface area contributed by atoms with Gasteiger partial charge in [-0.2, -0.15) is 0 Å². The summed E-state index contributed by atoms with van der Waals surface area (Å²) in [6, 6.07) is 1.97. The molecule has 2 aromatic rings. The Balaban J connectivity index is 0.00000264. The van der Waals surface area contributed by atoms with Crippen LogP contribution in [0, 0.1) is 12.8 Å². The van der Waals surface area contributed by atoms with Gasteiger partial charge in [-0.05, 0) is 25.3 Å². The van der Waals surface area contributed by atoms with Crippen molar-refractivity contribution in [2.24, 2.45) is 11.7 Å². The Morgan fingerprint density at radius 1 is 1.42 bits per heavy atom. The topological polar surface area (TPSA) is 75.0 Å². The van der Waals surface area contributed by atoms with E-state index in [0.717, 1.165) is 22.7 Å². The van der Waals surface area contributed by atoms with Crippen LogP contribution in [0.3, 0.4) is 0 Å². The summed E-state index contributed by atoms with van der Waals surface area (Å²) in [6.07, 6.45) is 2.63. The third kappa shape index (κ3) is 5.77. The third-order valence-corrected chi connectivity index (χ3v) is 4.60. The molecule has 0 aliphatic rings. The van der Waals surface area contributed by atoms with Crippen molar-refractivity contribution in [2.45, 2.75) is 33.2 Å². The number of rotatable bonds is 6. The molecule has 1 amide bonds. The van der Waals surface area contributed by atoms with Crippen molar-refractivity contribution < 1.29 is 4.79 Å². The molecule has 0 spiro atoms. The summed E-state index contributed by atoms with van der Waals surface area (Å²) in [4.78, 5) is 21.6. The molecule has 0 saturated heterocycles. The highest BCUT2D eigenvalue weighted by Gasteiger charge is 2.16. The molecular formula is C16H26Cl2N4OS. The van der Waals surface area contributed by atoms with Crippen LogP contribution < -0.4 is 5.73 Å². The van der Waals surface area contributed by atoms with Crippen molar-refractivity contribution in [1.82, 2.24) is 14.9 Å². The fourth-order valence-corrected chi connectivity index (χ4v) is 2.77. The highest BCUT2D eigenvalue weighted by Crippen LogP contribution is 2.22. The highest BCUT2D eigenvalue weighted by atomic mass is 35.5. The third-order valence-electron chi connectivity index (χ3n) is 3.83. The van der Waals surface area contributed by atoms with Crippen LogP contribution in [-0.4, -0.2) is 40.4 Å². The van der Waals surface area contributed by atoms with Gasteiger partial charge in [0.15, 0.2) is 0 Å². The second-order valence-electron chi connectivity index (χ2n) is 5.98. The van der Waals surface area contributed by atoms with Gasteiger partial charge in [0.05, 0.1) is 10.7 Å². The van der Waals surface area contributed by atoms with Gasteiger partial charge in [0.1, 0.15) is 5.69 Å². The number of halogens is 2. The molecule has 0 fully saturated rings. The van der Waals surface area contributed by atoms with Gasteiger partial charge in [-0.25, -0.2) is 4.98 Å². The molecule has 0 radical (unpaired) electrons. The van der Waals surface area contributed by atoms with Crippen molar-refractivity contribution in [3.63, 3.8) is 0 Å². The first-order valence-electron chi connectivity index (χ1n) is 7.50. The van der Waals surface area contributed by atoms with Crippen LogP contribution in [0.2, 0.25) is 0 Å². The number of nitrogens with one attached hydrogen (secondary N) is 1. The molecule has 0 saturated carbocycles. The van der Waals surface area contributed by atoms with Crippen LogP contribution in [0.25, 0.3) is 11.3 Å². The fraction of sp³-hybridized carbons (Fsp3) is 0.500. The number of nitrogens with two attached hydrogens (primary N) is 1. The molecule has 136 valence electrons. The Hall–Kier alpha value is -1.08. The number of thiazole rings is 1. The molecule has 2 rings (SSSR count). The molecule has 3 N–H and O–H groups in total. The zero-order valence-corrected chi connectivity index (χ0v) is 16.9. The Morgan fingerprint density at radius 3 is 2.62 bits per heavy atom. The minimum absolute atomic E-state index is 0. The van der Waals surface area contributed by atoms with E-state index in [1.807, 2.05) is 31.6 Å². The molecule has 2 aromatic heterocycles. The number of H-pyrrole nitrogens is 1. The Bertz CT molecular complexity index is 642. The monoisotopic (exact) mass is 392 g/mol. The van der Waals surface area contributed by atoms with Crippen molar-refractivity contribution in [2.75, 3.05) is 13.6 Å². The average Bonchev–Trinajstić information content (AvgIpc) is 3.11. The average molecular weight is 393 g/mol. The SMILES string of the molecule is Cc1nc(-c2c[nH]c(C(=O)N(C)CCC(N)C(C)C)c2)cs1.Cl.Cl. The first kappa shape index (κ1) is 22.9. The van der Waals surface area contributed by atoms with Gasteiger partial charge in [0.2, 0.25) is 0 Å². The zero-order chi connectivity index (χ0) is 16.3. The minimum Gasteiger partial charge on any atom is -0.357 e. The number of carbonyl (C=O) groups is 1. The predicted molar refractivity (Wildman–Crippen MR) is 106 cm³/mol. The number of aromatic nitrogens is 2. The normalized spacial score (nSPS) is 11.6. The summed E-state index contributed by atoms with van der Waals surface area (Å²) in [5, 5.41) is 3.02. The van der Waals surface area contributed by atoms with Crippen LogP contribution in [0.15, 0.2) is 17.6 Å². The van der Waals surface area contributed by atoms with E-state index in [0.29, 0.717) is 18.2 Å². The molecule has 0 aliphatic heterocycles. The predicted octanol–water partition coefficient (Wildman–Crippen LogP) is 3.74. The van der Waals surface area contributed by atoms with Gasteiger partial charge in [0.25, 0.3) is 5.91 Å².